The van der Waals surface area contributed by atoms with Gasteiger partial charge in [-0.25, -0.2) is 9.97 Å². The smallest absolute Gasteiger partial charge is 0.272 e. The second kappa shape index (κ2) is 5.41. The van der Waals surface area contributed by atoms with Crippen LogP contribution in [-0.4, -0.2) is 70.6 Å². The van der Waals surface area contributed by atoms with Crippen LogP contribution in [0.15, 0.2) is 18.6 Å². The summed E-state index contributed by atoms with van der Waals surface area (Å²) in [5, 5.41) is 9.37. The van der Waals surface area contributed by atoms with E-state index in [0.29, 0.717) is 18.8 Å². The second-order valence-electron chi connectivity index (χ2n) is 4.78. The van der Waals surface area contributed by atoms with Gasteiger partial charge < -0.3 is 14.9 Å². The molecule has 0 bridgehead atoms. The average Bonchev–Trinajstić information content (AvgIpc) is 2.83. The van der Waals surface area contributed by atoms with Crippen LogP contribution in [0, 0.1) is 5.92 Å². The normalized spacial score (nSPS) is 23.7. The number of hydrogen-bond donors (Lipinski definition) is 1. The third-order valence-electron chi connectivity index (χ3n) is 3.39. The van der Waals surface area contributed by atoms with Gasteiger partial charge in [0.25, 0.3) is 5.91 Å². The van der Waals surface area contributed by atoms with Crippen molar-refractivity contribution in [1.82, 2.24) is 19.8 Å². The molecule has 0 aliphatic carbocycles. The van der Waals surface area contributed by atoms with Crippen LogP contribution in [0.1, 0.15) is 10.5 Å². The van der Waals surface area contributed by atoms with Crippen molar-refractivity contribution in [3.05, 3.63) is 24.3 Å². The largest absolute Gasteiger partial charge is 0.396 e. The molecule has 1 N–H and O–H groups in total. The van der Waals surface area contributed by atoms with Gasteiger partial charge >= 0.3 is 0 Å². The average molecular weight is 250 g/mol. The Morgan fingerprint density at radius 3 is 2.83 bits per heavy atom. The highest BCUT2D eigenvalue weighted by atomic mass is 16.3. The summed E-state index contributed by atoms with van der Waals surface area (Å²) in [7, 11) is 3.93. The van der Waals surface area contributed by atoms with Crippen LogP contribution in [0.5, 0.6) is 0 Å². The molecule has 0 saturated carbocycles. The monoisotopic (exact) mass is 250 g/mol. The molecule has 1 aliphatic heterocycles. The Hall–Kier alpha value is -1.53. The Morgan fingerprint density at radius 1 is 1.56 bits per heavy atom. The number of likely N-dealkylation sites (tertiary alicyclic amines) is 1. The van der Waals surface area contributed by atoms with Crippen molar-refractivity contribution in [2.24, 2.45) is 5.92 Å². The number of aliphatic hydroxyl groups excluding tert-OH is 1. The summed E-state index contributed by atoms with van der Waals surface area (Å²) in [6, 6.07) is 1.81. The van der Waals surface area contributed by atoms with Crippen molar-refractivity contribution in [3.63, 3.8) is 0 Å². The highest BCUT2D eigenvalue weighted by Gasteiger charge is 2.36. The highest BCUT2D eigenvalue weighted by Crippen LogP contribution is 2.21. The molecule has 2 rings (SSSR count). The highest BCUT2D eigenvalue weighted by molar-refractivity contribution is 5.92. The fraction of sp³-hybridized carbons (Fsp3) is 0.583. The summed E-state index contributed by atoms with van der Waals surface area (Å²) in [5.41, 5.74) is 0.404. The van der Waals surface area contributed by atoms with Gasteiger partial charge in [0, 0.05) is 37.9 Å². The Kier molecular flexibility index (Phi) is 3.88. The molecule has 6 nitrogen and oxygen atoms in total. The van der Waals surface area contributed by atoms with E-state index in [2.05, 4.69) is 9.97 Å². The Morgan fingerprint density at radius 2 is 2.33 bits per heavy atom. The fourth-order valence-corrected chi connectivity index (χ4v) is 2.36. The van der Waals surface area contributed by atoms with Crippen LogP contribution in [0.4, 0.5) is 0 Å². The molecule has 6 heteroatoms. The Bertz CT molecular complexity index is 410. The van der Waals surface area contributed by atoms with E-state index in [-0.39, 0.29) is 24.5 Å². The number of aliphatic hydroxyl groups is 1. The lowest BCUT2D eigenvalue weighted by atomic mass is 10.0. The molecule has 18 heavy (non-hydrogen) atoms. The van der Waals surface area contributed by atoms with Crippen LogP contribution in [0.3, 0.4) is 0 Å². The molecule has 0 unspecified atom stereocenters. The predicted octanol–water partition coefficient (Wildman–Crippen LogP) is -0.529. The number of carbonyl (C=O) groups is 1. The van der Waals surface area contributed by atoms with Gasteiger partial charge in [-0.1, -0.05) is 0 Å². The van der Waals surface area contributed by atoms with Gasteiger partial charge in [0.15, 0.2) is 0 Å². The van der Waals surface area contributed by atoms with Crippen molar-refractivity contribution in [1.29, 1.82) is 0 Å². The zero-order chi connectivity index (χ0) is 13.1. The van der Waals surface area contributed by atoms with E-state index < -0.39 is 0 Å². The van der Waals surface area contributed by atoms with E-state index in [1.165, 1.54) is 6.33 Å². The number of rotatable bonds is 3. The summed E-state index contributed by atoms with van der Waals surface area (Å²) >= 11 is 0. The third-order valence-corrected chi connectivity index (χ3v) is 3.39. The zero-order valence-electron chi connectivity index (χ0n) is 10.7. The van der Waals surface area contributed by atoms with Crippen molar-refractivity contribution in [2.75, 3.05) is 33.8 Å². The van der Waals surface area contributed by atoms with Crippen molar-refractivity contribution >= 4 is 5.91 Å². The lowest BCUT2D eigenvalue weighted by Gasteiger charge is -2.23. The number of likely N-dealkylation sites (N-methyl/N-ethyl adjacent to an activating group) is 1. The molecule has 0 spiro atoms. The van der Waals surface area contributed by atoms with Gasteiger partial charge in [0.2, 0.25) is 0 Å². The number of hydrogen-bond acceptors (Lipinski definition) is 5. The lowest BCUT2D eigenvalue weighted by Crippen LogP contribution is -2.37. The first kappa shape index (κ1) is 12.9. The van der Waals surface area contributed by atoms with E-state index in [9.17, 15) is 9.90 Å². The molecule has 1 aliphatic rings. The minimum atomic E-state index is -0.0970. The van der Waals surface area contributed by atoms with Crippen LogP contribution >= 0.6 is 0 Å². The minimum Gasteiger partial charge on any atom is -0.396 e. The molecule has 2 heterocycles. The van der Waals surface area contributed by atoms with Crippen molar-refractivity contribution in [2.45, 2.75) is 6.04 Å². The molecular formula is C12H18N4O2. The Balaban J connectivity index is 2.10. The molecule has 1 amide bonds. The molecule has 1 fully saturated rings. The fourth-order valence-electron chi connectivity index (χ4n) is 2.36. The molecule has 1 saturated heterocycles. The quantitative estimate of drug-likeness (QED) is 0.781. The molecular weight excluding hydrogens is 232 g/mol. The second-order valence-corrected chi connectivity index (χ2v) is 4.78. The van der Waals surface area contributed by atoms with Crippen molar-refractivity contribution < 1.29 is 9.90 Å². The van der Waals surface area contributed by atoms with Gasteiger partial charge in [-0.3, -0.25) is 4.79 Å². The summed E-state index contributed by atoms with van der Waals surface area (Å²) in [5.74, 6) is 0.00554. The van der Waals surface area contributed by atoms with Crippen LogP contribution < -0.4 is 0 Å². The molecule has 98 valence electrons. The first-order valence-corrected chi connectivity index (χ1v) is 5.96. The maximum atomic E-state index is 12.2. The topological polar surface area (TPSA) is 69.6 Å². The van der Waals surface area contributed by atoms with E-state index in [1.807, 2.05) is 19.0 Å². The van der Waals surface area contributed by atoms with Crippen LogP contribution in [0.2, 0.25) is 0 Å². The van der Waals surface area contributed by atoms with Gasteiger partial charge in [-0.05, 0) is 20.2 Å². The third kappa shape index (κ3) is 2.49. The number of nitrogens with zero attached hydrogens (tertiary/aromatic N) is 4. The minimum absolute atomic E-state index is 0.0937. The number of amides is 1. The van der Waals surface area contributed by atoms with Crippen molar-refractivity contribution in [3.8, 4) is 0 Å². The maximum absolute atomic E-state index is 12.2. The maximum Gasteiger partial charge on any atom is 0.272 e. The number of aromatic nitrogens is 2. The van der Waals surface area contributed by atoms with Gasteiger partial charge in [0.05, 0.1) is 0 Å². The summed E-state index contributed by atoms with van der Waals surface area (Å²) in [6.07, 6.45) is 2.93. The predicted molar refractivity (Wildman–Crippen MR) is 66.0 cm³/mol. The molecule has 2 atom stereocenters. The summed E-state index contributed by atoms with van der Waals surface area (Å²) in [4.78, 5) is 23.8. The standard InChI is InChI=1S/C12H18N4O2/c1-15(2)11-6-16(5-9(11)7-17)12(18)10-3-4-13-8-14-10/h3-4,8-9,11,17H,5-7H2,1-2H3/t9-,11+/m0/s1. The molecule has 1 aromatic rings. The van der Waals surface area contributed by atoms with Gasteiger partial charge in [-0.2, -0.15) is 0 Å². The lowest BCUT2D eigenvalue weighted by molar-refractivity contribution is 0.0773. The molecule has 0 aromatic carbocycles. The van der Waals surface area contributed by atoms with Gasteiger partial charge in [-0.15, -0.1) is 0 Å². The molecule has 0 radical (unpaired) electrons. The van der Waals surface area contributed by atoms with Crippen LogP contribution in [0.25, 0.3) is 0 Å². The van der Waals surface area contributed by atoms with E-state index in [1.54, 1.807) is 17.2 Å². The molecule has 1 aromatic heterocycles. The van der Waals surface area contributed by atoms with Gasteiger partial charge in [0.1, 0.15) is 12.0 Å². The SMILES string of the molecule is CN(C)[C@@H]1CN(C(=O)c2ccncn2)C[C@H]1CO. The summed E-state index contributed by atoms with van der Waals surface area (Å²) in [6.45, 7) is 1.29. The first-order valence-electron chi connectivity index (χ1n) is 5.96. The van der Waals surface area contributed by atoms with E-state index in [4.69, 9.17) is 0 Å². The first-order chi connectivity index (χ1) is 8.63. The zero-order valence-corrected chi connectivity index (χ0v) is 10.7. The summed E-state index contributed by atoms with van der Waals surface area (Å²) < 4.78 is 0. The van der Waals surface area contributed by atoms with E-state index >= 15 is 0 Å². The Labute approximate surface area is 106 Å². The number of carbonyl (C=O) groups excluding carboxylic acids is 1. The van der Waals surface area contributed by atoms with Crippen LogP contribution in [-0.2, 0) is 0 Å². The van der Waals surface area contributed by atoms with E-state index in [0.717, 1.165) is 0 Å².